The largest absolute Gasteiger partial charge is 0.496 e. The molecule has 0 bridgehead atoms. The lowest BCUT2D eigenvalue weighted by molar-refractivity contribution is 0.102. The van der Waals surface area contributed by atoms with Crippen LogP contribution in [-0.4, -0.2) is 38.2 Å². The summed E-state index contributed by atoms with van der Waals surface area (Å²) < 4.78 is 10.6. The monoisotopic (exact) mass is 341 g/mol. The van der Waals surface area contributed by atoms with Gasteiger partial charge in [0.25, 0.3) is 5.91 Å². The van der Waals surface area contributed by atoms with Crippen molar-refractivity contribution >= 4 is 17.4 Å². The first-order valence-corrected chi connectivity index (χ1v) is 8.37. The highest BCUT2D eigenvalue weighted by Gasteiger charge is 2.15. The lowest BCUT2D eigenvalue weighted by Gasteiger charge is -2.16. The lowest BCUT2D eigenvalue weighted by atomic mass is 10.1. The fraction of sp³-hybridized carbons (Fsp3) is 0.368. The Hall–Kier alpha value is -2.76. The fourth-order valence-electron chi connectivity index (χ4n) is 3.01. The van der Waals surface area contributed by atoms with Crippen molar-refractivity contribution in [3.05, 3.63) is 41.6 Å². The maximum Gasteiger partial charge on any atom is 0.255 e. The van der Waals surface area contributed by atoms with Gasteiger partial charge >= 0.3 is 0 Å². The predicted molar refractivity (Wildman–Crippen MR) is 97.9 cm³/mol. The highest BCUT2D eigenvalue weighted by atomic mass is 16.5. The smallest absolute Gasteiger partial charge is 0.255 e. The second kappa shape index (κ2) is 7.42. The summed E-state index contributed by atoms with van der Waals surface area (Å²) in [4.78, 5) is 19.2. The van der Waals surface area contributed by atoms with E-state index in [-0.39, 0.29) is 5.91 Å². The van der Waals surface area contributed by atoms with E-state index in [1.54, 1.807) is 32.5 Å². The molecule has 1 aliphatic rings. The molecule has 1 aromatic heterocycles. The molecule has 1 amide bonds. The van der Waals surface area contributed by atoms with Crippen molar-refractivity contribution < 1.29 is 14.3 Å². The van der Waals surface area contributed by atoms with Crippen LogP contribution in [0.5, 0.6) is 11.5 Å². The summed E-state index contributed by atoms with van der Waals surface area (Å²) in [6.07, 6.45) is 4.10. The number of hydrogen-bond acceptors (Lipinski definition) is 5. The summed E-state index contributed by atoms with van der Waals surface area (Å²) in [5, 5.41) is 2.87. The molecule has 0 unspecified atom stereocenters. The van der Waals surface area contributed by atoms with Gasteiger partial charge in [-0.15, -0.1) is 0 Å². The van der Waals surface area contributed by atoms with Crippen LogP contribution in [0.25, 0.3) is 0 Å². The third-order valence-electron chi connectivity index (χ3n) is 4.45. The molecular formula is C19H23N3O3. The van der Waals surface area contributed by atoms with Crippen molar-refractivity contribution in [1.29, 1.82) is 0 Å². The Labute approximate surface area is 147 Å². The van der Waals surface area contributed by atoms with E-state index in [1.807, 2.05) is 19.1 Å². The van der Waals surface area contributed by atoms with Crippen LogP contribution in [-0.2, 0) is 0 Å². The Morgan fingerprint density at radius 3 is 2.28 bits per heavy atom. The molecule has 0 atom stereocenters. The molecule has 1 aromatic carbocycles. The number of carbonyl (C=O) groups excluding carboxylic acids is 1. The Morgan fingerprint density at radius 1 is 1.12 bits per heavy atom. The minimum atomic E-state index is -0.229. The number of anilines is 2. The van der Waals surface area contributed by atoms with Crippen molar-refractivity contribution in [2.45, 2.75) is 19.8 Å². The zero-order chi connectivity index (χ0) is 17.8. The number of methoxy groups -OCH3 is 2. The molecule has 0 aliphatic carbocycles. The predicted octanol–water partition coefficient (Wildman–Crippen LogP) is 3.26. The van der Waals surface area contributed by atoms with Gasteiger partial charge in [-0.2, -0.15) is 0 Å². The summed E-state index contributed by atoms with van der Waals surface area (Å²) in [5.41, 5.74) is 1.99. The summed E-state index contributed by atoms with van der Waals surface area (Å²) in [7, 11) is 3.15. The molecule has 2 heterocycles. The molecule has 6 nitrogen and oxygen atoms in total. The molecule has 1 aliphatic heterocycles. The van der Waals surface area contributed by atoms with Gasteiger partial charge in [-0.05, 0) is 44.0 Å². The number of hydrogen-bond donors (Lipinski definition) is 1. The second-order valence-electron chi connectivity index (χ2n) is 6.06. The van der Waals surface area contributed by atoms with Gasteiger partial charge in [-0.25, -0.2) is 4.98 Å². The molecule has 1 fully saturated rings. The van der Waals surface area contributed by atoms with Crippen LogP contribution in [0.3, 0.4) is 0 Å². The van der Waals surface area contributed by atoms with Gasteiger partial charge in [0.15, 0.2) is 0 Å². The van der Waals surface area contributed by atoms with E-state index in [1.165, 1.54) is 12.8 Å². The fourth-order valence-corrected chi connectivity index (χ4v) is 3.01. The Morgan fingerprint density at radius 2 is 1.76 bits per heavy atom. The first kappa shape index (κ1) is 17.1. The molecule has 0 radical (unpaired) electrons. The lowest BCUT2D eigenvalue weighted by Crippen LogP contribution is -2.19. The van der Waals surface area contributed by atoms with E-state index in [4.69, 9.17) is 9.47 Å². The standard InChI is InChI=1S/C19H23N3O3/c1-13-16(24-2)10-14(11-17(13)25-3)19(23)21-15-6-7-18(20-12-15)22-8-4-5-9-22/h6-7,10-12H,4-5,8-9H2,1-3H3,(H,21,23). The first-order valence-electron chi connectivity index (χ1n) is 8.37. The van der Waals surface area contributed by atoms with Crippen LogP contribution in [0.4, 0.5) is 11.5 Å². The number of ether oxygens (including phenoxy) is 2. The van der Waals surface area contributed by atoms with Crippen molar-refractivity contribution in [3.63, 3.8) is 0 Å². The van der Waals surface area contributed by atoms with E-state index in [2.05, 4.69) is 15.2 Å². The van der Waals surface area contributed by atoms with Crippen molar-refractivity contribution in [1.82, 2.24) is 4.98 Å². The average Bonchev–Trinajstić information content (AvgIpc) is 3.17. The molecule has 2 aromatic rings. The summed E-state index contributed by atoms with van der Waals surface area (Å²) >= 11 is 0. The van der Waals surface area contributed by atoms with Gasteiger partial charge in [0.1, 0.15) is 17.3 Å². The van der Waals surface area contributed by atoms with Gasteiger partial charge < -0.3 is 19.7 Å². The second-order valence-corrected chi connectivity index (χ2v) is 6.06. The van der Waals surface area contributed by atoms with Crippen molar-refractivity contribution in [2.24, 2.45) is 0 Å². The van der Waals surface area contributed by atoms with Crippen LogP contribution in [0.15, 0.2) is 30.5 Å². The van der Waals surface area contributed by atoms with E-state index in [0.29, 0.717) is 22.7 Å². The van der Waals surface area contributed by atoms with E-state index in [9.17, 15) is 4.79 Å². The number of rotatable bonds is 5. The molecule has 25 heavy (non-hydrogen) atoms. The quantitative estimate of drug-likeness (QED) is 0.904. The molecule has 132 valence electrons. The van der Waals surface area contributed by atoms with Gasteiger partial charge in [-0.3, -0.25) is 4.79 Å². The topological polar surface area (TPSA) is 63.7 Å². The third-order valence-corrected chi connectivity index (χ3v) is 4.45. The number of pyridine rings is 1. The minimum Gasteiger partial charge on any atom is -0.496 e. The van der Waals surface area contributed by atoms with Crippen molar-refractivity contribution in [3.8, 4) is 11.5 Å². The highest BCUT2D eigenvalue weighted by Crippen LogP contribution is 2.30. The van der Waals surface area contributed by atoms with Crippen LogP contribution < -0.4 is 19.7 Å². The molecule has 1 N–H and O–H groups in total. The Balaban J connectivity index is 1.75. The Bertz CT molecular complexity index is 728. The van der Waals surface area contributed by atoms with Crippen molar-refractivity contribution in [2.75, 3.05) is 37.5 Å². The van der Waals surface area contributed by atoms with Crippen LogP contribution >= 0.6 is 0 Å². The highest BCUT2D eigenvalue weighted by molar-refractivity contribution is 6.04. The summed E-state index contributed by atoms with van der Waals surface area (Å²) in [6.45, 7) is 3.98. The van der Waals surface area contributed by atoms with E-state index >= 15 is 0 Å². The zero-order valence-electron chi connectivity index (χ0n) is 14.8. The SMILES string of the molecule is COc1cc(C(=O)Nc2ccc(N3CCCC3)nc2)cc(OC)c1C. The van der Waals surface area contributed by atoms with Crippen LogP contribution in [0.2, 0.25) is 0 Å². The van der Waals surface area contributed by atoms with E-state index < -0.39 is 0 Å². The van der Waals surface area contributed by atoms with Gasteiger partial charge in [0, 0.05) is 24.2 Å². The zero-order valence-corrected chi connectivity index (χ0v) is 14.8. The maximum absolute atomic E-state index is 12.5. The van der Waals surface area contributed by atoms with E-state index in [0.717, 1.165) is 24.5 Å². The first-order chi connectivity index (χ1) is 12.1. The molecule has 6 heteroatoms. The normalized spacial score (nSPS) is 13.6. The number of carbonyl (C=O) groups is 1. The third kappa shape index (κ3) is 3.68. The number of amides is 1. The number of nitrogens with one attached hydrogen (secondary N) is 1. The molecule has 0 saturated carbocycles. The molecule has 1 saturated heterocycles. The summed E-state index contributed by atoms with van der Waals surface area (Å²) in [6, 6.07) is 7.23. The maximum atomic E-state index is 12.5. The van der Waals surface area contributed by atoms with Gasteiger partial charge in [-0.1, -0.05) is 0 Å². The van der Waals surface area contributed by atoms with Gasteiger partial charge in [0.2, 0.25) is 0 Å². The molecular weight excluding hydrogens is 318 g/mol. The summed E-state index contributed by atoms with van der Waals surface area (Å²) in [5.74, 6) is 1.96. The Kier molecular flexibility index (Phi) is 5.07. The number of benzene rings is 1. The number of nitrogens with zero attached hydrogens (tertiary/aromatic N) is 2. The minimum absolute atomic E-state index is 0.229. The number of aromatic nitrogens is 1. The average molecular weight is 341 g/mol. The molecule has 3 rings (SSSR count). The van der Waals surface area contributed by atoms with Gasteiger partial charge in [0.05, 0.1) is 26.1 Å². The van der Waals surface area contributed by atoms with Crippen LogP contribution in [0, 0.1) is 6.92 Å². The molecule has 0 spiro atoms. The van der Waals surface area contributed by atoms with Crippen LogP contribution in [0.1, 0.15) is 28.8 Å².